The predicted molar refractivity (Wildman–Crippen MR) is 83.3 cm³/mol. The van der Waals surface area contributed by atoms with E-state index in [0.29, 0.717) is 23.5 Å². The van der Waals surface area contributed by atoms with E-state index in [-0.39, 0.29) is 23.5 Å². The van der Waals surface area contributed by atoms with Crippen molar-refractivity contribution >= 4 is 40.9 Å². The Morgan fingerprint density at radius 2 is 1.67 bits per heavy atom. The molecule has 7 heteroatoms. The zero-order chi connectivity index (χ0) is 15.7. The zero-order valence-electron chi connectivity index (χ0n) is 12.0. The average molecular weight is 310 g/mol. The molecule has 0 atom stereocenters. The van der Waals surface area contributed by atoms with Crippen molar-refractivity contribution in [2.75, 3.05) is 29.2 Å². The highest BCUT2D eigenvalue weighted by molar-refractivity contribution is 7.99. The number of nitrogens with one attached hydrogen (secondary N) is 2. The van der Waals surface area contributed by atoms with Crippen LogP contribution in [0.5, 0.6) is 0 Å². The fraction of sp³-hybridized carbons (Fsp3) is 0.357. The molecule has 0 bridgehead atoms. The molecule has 1 aromatic carbocycles. The van der Waals surface area contributed by atoms with Crippen molar-refractivity contribution in [1.82, 2.24) is 0 Å². The van der Waals surface area contributed by atoms with Gasteiger partial charge in [0.25, 0.3) is 0 Å². The molecule has 0 fully saturated rings. The lowest BCUT2D eigenvalue weighted by Crippen LogP contribution is -2.15. The molecule has 0 aliphatic carbocycles. The van der Waals surface area contributed by atoms with Crippen molar-refractivity contribution in [2.24, 2.45) is 0 Å². The quantitative estimate of drug-likeness (QED) is 0.593. The van der Waals surface area contributed by atoms with E-state index in [1.54, 1.807) is 24.3 Å². The van der Waals surface area contributed by atoms with Crippen LogP contribution in [-0.4, -0.2) is 36.4 Å². The van der Waals surface area contributed by atoms with Crippen LogP contribution in [0, 0.1) is 0 Å². The van der Waals surface area contributed by atoms with Crippen LogP contribution in [0.1, 0.15) is 13.3 Å². The van der Waals surface area contributed by atoms with Crippen LogP contribution in [0.15, 0.2) is 24.3 Å². The molecule has 1 rings (SSSR count). The van der Waals surface area contributed by atoms with Gasteiger partial charge in [-0.3, -0.25) is 14.4 Å². The second kappa shape index (κ2) is 9.02. The third-order valence-electron chi connectivity index (χ3n) is 2.40. The number of ether oxygens (including phenoxy) is 1. The molecule has 114 valence electrons. The summed E-state index contributed by atoms with van der Waals surface area (Å²) in [6.45, 7) is 1.43. The number of methoxy groups -OCH3 is 1. The molecule has 0 radical (unpaired) electrons. The molecule has 0 aromatic heterocycles. The second-order valence-corrected chi connectivity index (χ2v) is 5.29. The number of thioether (sulfide) groups is 1. The van der Waals surface area contributed by atoms with Gasteiger partial charge in [-0.25, -0.2) is 0 Å². The van der Waals surface area contributed by atoms with Crippen molar-refractivity contribution in [3.63, 3.8) is 0 Å². The second-order valence-electron chi connectivity index (χ2n) is 4.19. The first-order valence-corrected chi connectivity index (χ1v) is 7.49. The van der Waals surface area contributed by atoms with E-state index in [0.717, 1.165) is 0 Å². The van der Waals surface area contributed by atoms with Crippen molar-refractivity contribution < 1.29 is 19.1 Å². The van der Waals surface area contributed by atoms with Crippen LogP contribution in [0.2, 0.25) is 0 Å². The van der Waals surface area contributed by atoms with Gasteiger partial charge >= 0.3 is 5.97 Å². The number of esters is 1. The van der Waals surface area contributed by atoms with Crippen LogP contribution in [0.4, 0.5) is 11.4 Å². The maximum absolute atomic E-state index is 11.7. The van der Waals surface area contributed by atoms with Gasteiger partial charge < -0.3 is 15.4 Å². The summed E-state index contributed by atoms with van der Waals surface area (Å²) in [4.78, 5) is 33.4. The van der Waals surface area contributed by atoms with E-state index in [1.165, 1.54) is 25.8 Å². The minimum Gasteiger partial charge on any atom is -0.469 e. The van der Waals surface area contributed by atoms with Crippen LogP contribution in [0.25, 0.3) is 0 Å². The number of carbonyl (C=O) groups is 3. The van der Waals surface area contributed by atoms with E-state index in [9.17, 15) is 14.4 Å². The highest BCUT2D eigenvalue weighted by Crippen LogP contribution is 2.14. The lowest BCUT2D eigenvalue weighted by Gasteiger charge is -2.07. The fourth-order valence-electron chi connectivity index (χ4n) is 1.46. The van der Waals surface area contributed by atoms with Gasteiger partial charge in [0.05, 0.1) is 19.3 Å². The minimum absolute atomic E-state index is 0.142. The Kier molecular flexibility index (Phi) is 7.31. The topological polar surface area (TPSA) is 84.5 Å². The summed E-state index contributed by atoms with van der Waals surface area (Å²) in [6.07, 6.45) is 0.292. The molecule has 21 heavy (non-hydrogen) atoms. The first-order chi connectivity index (χ1) is 10.0. The molecule has 1 aromatic rings. The highest BCUT2D eigenvalue weighted by Gasteiger charge is 2.05. The molecule has 0 heterocycles. The first kappa shape index (κ1) is 17.0. The highest BCUT2D eigenvalue weighted by atomic mass is 32.2. The third-order valence-corrected chi connectivity index (χ3v) is 3.36. The number of rotatable bonds is 7. The van der Waals surface area contributed by atoms with Crippen molar-refractivity contribution in [1.29, 1.82) is 0 Å². The molecule has 2 N–H and O–H groups in total. The van der Waals surface area contributed by atoms with Gasteiger partial charge in [0.15, 0.2) is 0 Å². The molecule has 0 saturated carbocycles. The molecule has 0 saturated heterocycles. The first-order valence-electron chi connectivity index (χ1n) is 6.33. The lowest BCUT2D eigenvalue weighted by atomic mass is 10.3. The maximum atomic E-state index is 11.7. The van der Waals surface area contributed by atoms with E-state index >= 15 is 0 Å². The van der Waals surface area contributed by atoms with Crippen molar-refractivity contribution in [3.05, 3.63) is 24.3 Å². The van der Waals surface area contributed by atoms with Crippen LogP contribution in [0.3, 0.4) is 0 Å². The molecule has 0 spiro atoms. The lowest BCUT2D eigenvalue weighted by molar-refractivity contribution is -0.140. The predicted octanol–water partition coefficient (Wildman–Crippen LogP) is 1.88. The van der Waals surface area contributed by atoms with Gasteiger partial charge in [-0.05, 0) is 24.3 Å². The molecule has 0 aliphatic rings. The van der Waals surface area contributed by atoms with E-state index in [1.807, 2.05) is 0 Å². The van der Waals surface area contributed by atoms with Gasteiger partial charge in [-0.2, -0.15) is 11.8 Å². The molecule has 6 nitrogen and oxygen atoms in total. The summed E-state index contributed by atoms with van der Waals surface area (Å²) in [5.41, 5.74) is 1.33. The van der Waals surface area contributed by atoms with Crippen LogP contribution >= 0.6 is 11.8 Å². The molecular formula is C14H18N2O4S. The third kappa shape index (κ3) is 7.36. The molecule has 0 unspecified atom stereocenters. The Bertz CT molecular complexity index is 502. The zero-order valence-corrected chi connectivity index (χ0v) is 12.8. The van der Waals surface area contributed by atoms with Gasteiger partial charge in [0, 0.05) is 24.1 Å². The van der Waals surface area contributed by atoms with Crippen LogP contribution in [-0.2, 0) is 19.1 Å². The van der Waals surface area contributed by atoms with E-state index in [4.69, 9.17) is 0 Å². The summed E-state index contributed by atoms with van der Waals surface area (Å²) in [5, 5.41) is 5.38. The fourth-order valence-corrected chi connectivity index (χ4v) is 2.17. The Morgan fingerprint density at radius 1 is 1.10 bits per heavy atom. The van der Waals surface area contributed by atoms with E-state index < -0.39 is 0 Å². The van der Waals surface area contributed by atoms with Crippen molar-refractivity contribution in [3.8, 4) is 0 Å². The van der Waals surface area contributed by atoms with Crippen LogP contribution < -0.4 is 10.6 Å². The smallest absolute Gasteiger partial charge is 0.306 e. The van der Waals surface area contributed by atoms with E-state index in [2.05, 4.69) is 15.4 Å². The van der Waals surface area contributed by atoms with Gasteiger partial charge in [-0.1, -0.05) is 0 Å². The van der Waals surface area contributed by atoms with Gasteiger partial charge in [-0.15, -0.1) is 0 Å². The Balaban J connectivity index is 2.31. The largest absolute Gasteiger partial charge is 0.469 e. The number of carbonyl (C=O) groups excluding carboxylic acids is 3. The number of anilines is 2. The Morgan fingerprint density at radius 3 is 2.19 bits per heavy atom. The molecule has 0 aliphatic heterocycles. The summed E-state index contributed by atoms with van der Waals surface area (Å²) in [7, 11) is 1.34. The number of hydrogen-bond donors (Lipinski definition) is 2. The number of amides is 2. The summed E-state index contributed by atoms with van der Waals surface area (Å²) >= 11 is 1.37. The molecular weight excluding hydrogens is 292 g/mol. The Labute approximate surface area is 127 Å². The summed E-state index contributed by atoms with van der Waals surface area (Å²) in [5.74, 6) is 0.244. The average Bonchev–Trinajstić information content (AvgIpc) is 2.45. The van der Waals surface area contributed by atoms with Gasteiger partial charge in [0.1, 0.15) is 0 Å². The maximum Gasteiger partial charge on any atom is 0.306 e. The number of benzene rings is 1. The summed E-state index contributed by atoms with van der Waals surface area (Å²) in [6, 6.07) is 6.84. The SMILES string of the molecule is COC(=O)CCSCC(=O)Nc1ccc(NC(C)=O)cc1. The standard InChI is InChI=1S/C14H18N2O4S/c1-10(17)15-11-3-5-12(6-4-11)16-13(18)9-21-8-7-14(19)20-2/h3-6H,7-9H2,1-2H3,(H,15,17)(H,16,18). The van der Waals surface area contributed by atoms with Gasteiger partial charge in [0.2, 0.25) is 11.8 Å². The monoisotopic (exact) mass is 310 g/mol. The summed E-state index contributed by atoms with van der Waals surface area (Å²) < 4.78 is 4.51. The normalized spacial score (nSPS) is 9.81. The molecule has 2 amide bonds. The Hall–Kier alpha value is -2.02. The number of hydrogen-bond acceptors (Lipinski definition) is 5. The minimum atomic E-state index is -0.281. The van der Waals surface area contributed by atoms with Crippen molar-refractivity contribution in [2.45, 2.75) is 13.3 Å².